The van der Waals surface area contributed by atoms with Crippen molar-refractivity contribution in [3.05, 3.63) is 30.4 Å². The van der Waals surface area contributed by atoms with Gasteiger partial charge < -0.3 is 9.88 Å². The number of aryl methyl sites for hydroxylation is 1. The first-order chi connectivity index (χ1) is 7.75. The molecule has 84 valence electrons. The molecule has 0 aromatic carbocycles. The number of hydrogen-bond acceptors (Lipinski definition) is 4. The summed E-state index contributed by atoms with van der Waals surface area (Å²) >= 11 is 0. The van der Waals surface area contributed by atoms with Crippen LogP contribution in [0, 0.1) is 0 Å². The van der Waals surface area contributed by atoms with Crippen LogP contribution in [0.2, 0.25) is 0 Å². The molecular formula is C9H12N6O. The number of hydrogen-bond donors (Lipinski definition) is 2. The van der Waals surface area contributed by atoms with Gasteiger partial charge in [0.2, 0.25) is 0 Å². The highest BCUT2D eigenvalue weighted by Gasteiger charge is 2.07. The molecule has 0 atom stereocenters. The van der Waals surface area contributed by atoms with E-state index in [1.807, 2.05) is 7.05 Å². The SMILES string of the molecule is Cn1cnc(C(=O)NCCc2ncn[nH]2)c1. The predicted molar refractivity (Wildman–Crippen MR) is 55.6 cm³/mol. The van der Waals surface area contributed by atoms with Gasteiger partial charge in [-0.25, -0.2) is 9.97 Å². The third-order valence-electron chi connectivity index (χ3n) is 2.05. The van der Waals surface area contributed by atoms with Crippen molar-refractivity contribution in [1.29, 1.82) is 0 Å². The van der Waals surface area contributed by atoms with Gasteiger partial charge in [0.05, 0.1) is 6.33 Å². The summed E-state index contributed by atoms with van der Waals surface area (Å²) < 4.78 is 1.73. The zero-order chi connectivity index (χ0) is 11.4. The van der Waals surface area contributed by atoms with E-state index in [4.69, 9.17) is 0 Å². The summed E-state index contributed by atoms with van der Waals surface area (Å²) in [6.07, 6.45) is 5.32. The van der Waals surface area contributed by atoms with E-state index < -0.39 is 0 Å². The summed E-state index contributed by atoms with van der Waals surface area (Å²) in [5, 5.41) is 9.19. The van der Waals surface area contributed by atoms with Gasteiger partial charge in [-0.05, 0) is 0 Å². The second-order valence-corrected chi connectivity index (χ2v) is 3.36. The number of aromatic nitrogens is 5. The molecule has 2 aromatic rings. The van der Waals surface area contributed by atoms with Crippen LogP contribution in [0.5, 0.6) is 0 Å². The number of nitrogens with one attached hydrogen (secondary N) is 2. The number of carbonyl (C=O) groups excluding carboxylic acids is 1. The second-order valence-electron chi connectivity index (χ2n) is 3.36. The van der Waals surface area contributed by atoms with Gasteiger partial charge in [-0.2, -0.15) is 5.10 Å². The third kappa shape index (κ3) is 2.44. The summed E-state index contributed by atoms with van der Waals surface area (Å²) in [4.78, 5) is 19.5. The topological polar surface area (TPSA) is 88.5 Å². The van der Waals surface area contributed by atoms with E-state index in [0.717, 1.165) is 5.82 Å². The van der Waals surface area contributed by atoms with E-state index in [-0.39, 0.29) is 5.91 Å². The van der Waals surface area contributed by atoms with Crippen LogP contribution in [-0.4, -0.2) is 37.2 Å². The molecule has 0 bridgehead atoms. The average molecular weight is 220 g/mol. The average Bonchev–Trinajstić information content (AvgIpc) is 2.89. The molecule has 2 rings (SSSR count). The molecule has 0 aliphatic heterocycles. The van der Waals surface area contributed by atoms with Crippen LogP contribution in [0.4, 0.5) is 0 Å². The lowest BCUT2D eigenvalue weighted by Crippen LogP contribution is -2.26. The van der Waals surface area contributed by atoms with Crippen LogP contribution >= 0.6 is 0 Å². The first-order valence-electron chi connectivity index (χ1n) is 4.86. The van der Waals surface area contributed by atoms with Gasteiger partial charge in [-0.3, -0.25) is 9.89 Å². The normalized spacial score (nSPS) is 10.3. The number of imidazole rings is 1. The maximum Gasteiger partial charge on any atom is 0.271 e. The number of H-pyrrole nitrogens is 1. The van der Waals surface area contributed by atoms with E-state index in [2.05, 4.69) is 25.5 Å². The number of carbonyl (C=O) groups is 1. The van der Waals surface area contributed by atoms with Gasteiger partial charge in [-0.15, -0.1) is 0 Å². The van der Waals surface area contributed by atoms with Gasteiger partial charge in [0.1, 0.15) is 17.8 Å². The number of nitrogens with zero attached hydrogens (tertiary/aromatic N) is 4. The van der Waals surface area contributed by atoms with E-state index >= 15 is 0 Å². The summed E-state index contributed by atoms with van der Waals surface area (Å²) in [5.74, 6) is 0.571. The van der Waals surface area contributed by atoms with Gasteiger partial charge in [-0.1, -0.05) is 0 Å². The van der Waals surface area contributed by atoms with Crippen molar-refractivity contribution in [2.75, 3.05) is 6.54 Å². The monoisotopic (exact) mass is 220 g/mol. The van der Waals surface area contributed by atoms with Crippen molar-refractivity contribution >= 4 is 5.91 Å². The maximum absolute atomic E-state index is 11.6. The minimum Gasteiger partial charge on any atom is -0.350 e. The lowest BCUT2D eigenvalue weighted by molar-refractivity contribution is 0.0949. The largest absolute Gasteiger partial charge is 0.350 e. The van der Waals surface area contributed by atoms with Crippen molar-refractivity contribution in [2.45, 2.75) is 6.42 Å². The smallest absolute Gasteiger partial charge is 0.271 e. The van der Waals surface area contributed by atoms with Crippen molar-refractivity contribution in [1.82, 2.24) is 30.0 Å². The van der Waals surface area contributed by atoms with Crippen LogP contribution in [0.15, 0.2) is 18.9 Å². The molecule has 0 saturated heterocycles. The minimum absolute atomic E-state index is 0.180. The molecule has 0 spiro atoms. The lowest BCUT2D eigenvalue weighted by Gasteiger charge is -2.00. The Hall–Kier alpha value is -2.18. The van der Waals surface area contributed by atoms with Crippen LogP contribution in [0.3, 0.4) is 0 Å². The van der Waals surface area contributed by atoms with Gasteiger partial charge in [0, 0.05) is 26.2 Å². The van der Waals surface area contributed by atoms with E-state index in [1.165, 1.54) is 6.33 Å². The number of rotatable bonds is 4. The fourth-order valence-electron chi connectivity index (χ4n) is 1.27. The maximum atomic E-state index is 11.6. The summed E-state index contributed by atoms with van der Waals surface area (Å²) in [7, 11) is 1.82. The first-order valence-corrected chi connectivity index (χ1v) is 4.86. The minimum atomic E-state index is -0.180. The zero-order valence-electron chi connectivity index (χ0n) is 8.84. The van der Waals surface area contributed by atoms with E-state index in [0.29, 0.717) is 18.7 Å². The predicted octanol–water partition coefficient (Wildman–Crippen LogP) is -0.489. The molecule has 2 heterocycles. The molecule has 0 aliphatic rings. The molecule has 7 heteroatoms. The van der Waals surface area contributed by atoms with E-state index in [1.54, 1.807) is 17.1 Å². The standard InChI is InChI=1S/C9H12N6O/c1-15-4-7(12-6-15)9(16)10-3-2-8-11-5-13-14-8/h4-6H,2-3H2,1H3,(H,10,16)(H,11,13,14). The van der Waals surface area contributed by atoms with Crippen LogP contribution in [0.25, 0.3) is 0 Å². The molecule has 2 N–H and O–H groups in total. The Morgan fingerprint density at radius 2 is 2.44 bits per heavy atom. The third-order valence-corrected chi connectivity index (χ3v) is 2.05. The first kappa shape index (κ1) is 10.3. The highest BCUT2D eigenvalue weighted by atomic mass is 16.1. The highest BCUT2D eigenvalue weighted by molar-refractivity contribution is 5.91. The van der Waals surface area contributed by atoms with E-state index in [9.17, 15) is 4.79 Å². The quantitative estimate of drug-likeness (QED) is 0.727. The Balaban J connectivity index is 1.80. The number of aromatic amines is 1. The highest BCUT2D eigenvalue weighted by Crippen LogP contribution is 1.93. The zero-order valence-corrected chi connectivity index (χ0v) is 8.84. The van der Waals surface area contributed by atoms with Crippen LogP contribution in [-0.2, 0) is 13.5 Å². The van der Waals surface area contributed by atoms with Gasteiger partial charge >= 0.3 is 0 Å². The molecule has 0 saturated carbocycles. The molecule has 1 amide bonds. The molecular weight excluding hydrogens is 208 g/mol. The number of amides is 1. The molecule has 0 fully saturated rings. The molecule has 2 aromatic heterocycles. The van der Waals surface area contributed by atoms with Crippen LogP contribution < -0.4 is 5.32 Å². The Morgan fingerprint density at radius 1 is 1.56 bits per heavy atom. The summed E-state index contributed by atoms with van der Waals surface area (Å²) in [6, 6.07) is 0. The Bertz CT molecular complexity index is 460. The fraction of sp³-hybridized carbons (Fsp3) is 0.333. The molecule has 16 heavy (non-hydrogen) atoms. The second kappa shape index (κ2) is 4.56. The van der Waals surface area contributed by atoms with Gasteiger partial charge in [0.25, 0.3) is 5.91 Å². The lowest BCUT2D eigenvalue weighted by atomic mass is 10.4. The van der Waals surface area contributed by atoms with Crippen LogP contribution in [0.1, 0.15) is 16.3 Å². The van der Waals surface area contributed by atoms with Crippen molar-refractivity contribution < 1.29 is 4.79 Å². The van der Waals surface area contributed by atoms with Gasteiger partial charge in [0.15, 0.2) is 0 Å². The van der Waals surface area contributed by atoms with Crippen molar-refractivity contribution in [3.8, 4) is 0 Å². The van der Waals surface area contributed by atoms with Crippen molar-refractivity contribution in [3.63, 3.8) is 0 Å². The molecule has 0 radical (unpaired) electrons. The molecule has 0 unspecified atom stereocenters. The summed E-state index contributed by atoms with van der Waals surface area (Å²) in [5.41, 5.74) is 0.417. The fourth-order valence-corrected chi connectivity index (χ4v) is 1.27. The Labute approximate surface area is 91.9 Å². The molecule has 0 aliphatic carbocycles. The Morgan fingerprint density at radius 3 is 3.06 bits per heavy atom. The molecule has 7 nitrogen and oxygen atoms in total. The Kier molecular flexibility index (Phi) is 2.95. The van der Waals surface area contributed by atoms with Crippen molar-refractivity contribution in [2.24, 2.45) is 7.05 Å². The summed E-state index contributed by atoms with van der Waals surface area (Å²) in [6.45, 7) is 0.505.